The van der Waals surface area contributed by atoms with E-state index in [9.17, 15) is 0 Å². The topological polar surface area (TPSA) is 38.5 Å². The van der Waals surface area contributed by atoms with Crippen molar-refractivity contribution in [1.82, 2.24) is 4.90 Å². The summed E-state index contributed by atoms with van der Waals surface area (Å²) in [7, 11) is 1.78. The van der Waals surface area contributed by atoms with Gasteiger partial charge in [-0.25, -0.2) is 0 Å². The van der Waals surface area contributed by atoms with Gasteiger partial charge in [-0.1, -0.05) is 15.9 Å². The molecular weight excluding hydrogens is 268 g/mol. The summed E-state index contributed by atoms with van der Waals surface area (Å²) in [5, 5.41) is 0. The van der Waals surface area contributed by atoms with E-state index in [1.165, 1.54) is 5.56 Å². The van der Waals surface area contributed by atoms with Crippen molar-refractivity contribution in [2.75, 3.05) is 25.9 Å². The number of likely N-dealkylation sites (tertiary alicyclic amines) is 1. The highest BCUT2D eigenvalue weighted by atomic mass is 79.9. The fraction of sp³-hybridized carbons (Fsp3) is 0.500. The molecular formula is C12H17BrN2O. The second kappa shape index (κ2) is 5.17. The molecule has 88 valence electrons. The van der Waals surface area contributed by atoms with E-state index >= 15 is 0 Å². The van der Waals surface area contributed by atoms with Crippen molar-refractivity contribution in [2.24, 2.45) is 0 Å². The molecule has 1 saturated heterocycles. The minimum Gasteiger partial charge on any atom is -0.399 e. The Morgan fingerprint density at radius 2 is 2.38 bits per heavy atom. The maximum absolute atomic E-state index is 5.79. The van der Waals surface area contributed by atoms with E-state index < -0.39 is 0 Å². The van der Waals surface area contributed by atoms with Gasteiger partial charge < -0.3 is 10.5 Å². The normalized spacial score (nSPS) is 21.5. The second-order valence-electron chi connectivity index (χ2n) is 4.23. The molecule has 0 saturated carbocycles. The molecule has 3 nitrogen and oxygen atoms in total. The van der Waals surface area contributed by atoms with Crippen molar-refractivity contribution in [2.45, 2.75) is 19.1 Å². The van der Waals surface area contributed by atoms with Gasteiger partial charge in [0.1, 0.15) is 0 Å². The lowest BCUT2D eigenvalue weighted by Crippen LogP contribution is -2.22. The molecule has 1 heterocycles. The van der Waals surface area contributed by atoms with Crippen LogP contribution in [0, 0.1) is 0 Å². The summed E-state index contributed by atoms with van der Waals surface area (Å²) in [6, 6.07) is 5.95. The minimum absolute atomic E-state index is 0.389. The van der Waals surface area contributed by atoms with Crippen LogP contribution in [0.2, 0.25) is 0 Å². The smallest absolute Gasteiger partial charge is 0.0710 e. The molecule has 0 aliphatic carbocycles. The summed E-state index contributed by atoms with van der Waals surface area (Å²) in [6.45, 7) is 3.04. The van der Waals surface area contributed by atoms with Gasteiger partial charge in [0.05, 0.1) is 6.10 Å². The van der Waals surface area contributed by atoms with Crippen molar-refractivity contribution in [3.8, 4) is 0 Å². The van der Waals surface area contributed by atoms with Crippen molar-refractivity contribution >= 4 is 21.6 Å². The van der Waals surface area contributed by atoms with Crippen molar-refractivity contribution < 1.29 is 4.74 Å². The first-order valence-corrected chi connectivity index (χ1v) is 6.27. The van der Waals surface area contributed by atoms with Crippen molar-refractivity contribution in [3.05, 3.63) is 28.2 Å². The van der Waals surface area contributed by atoms with E-state index in [1.54, 1.807) is 7.11 Å². The summed E-state index contributed by atoms with van der Waals surface area (Å²) in [5.74, 6) is 0. The van der Waals surface area contributed by atoms with E-state index in [0.717, 1.165) is 36.2 Å². The molecule has 2 rings (SSSR count). The van der Waals surface area contributed by atoms with Gasteiger partial charge in [0.15, 0.2) is 0 Å². The van der Waals surface area contributed by atoms with Gasteiger partial charge in [0.2, 0.25) is 0 Å². The zero-order valence-electron chi connectivity index (χ0n) is 9.45. The first kappa shape index (κ1) is 11.9. The maximum Gasteiger partial charge on any atom is 0.0710 e. The quantitative estimate of drug-likeness (QED) is 0.866. The van der Waals surface area contributed by atoms with E-state index in [1.807, 2.05) is 18.2 Å². The number of halogens is 1. The molecule has 1 aromatic carbocycles. The largest absolute Gasteiger partial charge is 0.399 e. The van der Waals surface area contributed by atoms with Crippen molar-refractivity contribution in [1.29, 1.82) is 0 Å². The third kappa shape index (κ3) is 2.75. The van der Waals surface area contributed by atoms with Gasteiger partial charge in [0, 0.05) is 36.9 Å². The highest BCUT2D eigenvalue weighted by Crippen LogP contribution is 2.23. The number of anilines is 1. The van der Waals surface area contributed by atoms with Crippen LogP contribution in [0.4, 0.5) is 5.69 Å². The number of hydrogen-bond acceptors (Lipinski definition) is 3. The number of benzene rings is 1. The van der Waals surface area contributed by atoms with Crippen LogP contribution in [-0.4, -0.2) is 31.2 Å². The molecule has 0 radical (unpaired) electrons. The molecule has 16 heavy (non-hydrogen) atoms. The summed E-state index contributed by atoms with van der Waals surface area (Å²) in [5.41, 5.74) is 7.86. The van der Waals surface area contributed by atoms with Gasteiger partial charge in [-0.05, 0) is 30.2 Å². The van der Waals surface area contributed by atoms with Gasteiger partial charge in [-0.3, -0.25) is 4.90 Å². The minimum atomic E-state index is 0.389. The van der Waals surface area contributed by atoms with E-state index in [0.29, 0.717) is 6.10 Å². The lowest BCUT2D eigenvalue weighted by atomic mass is 10.2. The summed E-state index contributed by atoms with van der Waals surface area (Å²) >= 11 is 3.56. The molecule has 0 bridgehead atoms. The Bertz CT molecular complexity index is 370. The summed E-state index contributed by atoms with van der Waals surface area (Å²) < 4.78 is 6.48. The lowest BCUT2D eigenvalue weighted by molar-refractivity contribution is 0.107. The number of ether oxygens (including phenoxy) is 1. The standard InChI is InChI=1S/C12H17BrN2O/c1-16-11-4-5-15(8-11)7-9-6-10(14)2-3-12(9)13/h2-3,6,11H,4-5,7-8,14H2,1H3. The number of nitrogen functional groups attached to an aromatic ring is 1. The molecule has 1 aliphatic rings. The number of methoxy groups -OCH3 is 1. The Labute approximate surface area is 105 Å². The molecule has 0 spiro atoms. The van der Waals surface area contributed by atoms with Crippen molar-refractivity contribution in [3.63, 3.8) is 0 Å². The van der Waals surface area contributed by atoms with E-state index in [2.05, 4.69) is 20.8 Å². The van der Waals surface area contributed by atoms with Crippen LogP contribution >= 0.6 is 15.9 Å². The Balaban J connectivity index is 2.01. The second-order valence-corrected chi connectivity index (χ2v) is 5.09. The monoisotopic (exact) mass is 284 g/mol. The average Bonchev–Trinajstić information content (AvgIpc) is 2.71. The fourth-order valence-corrected chi connectivity index (χ4v) is 2.46. The molecule has 1 fully saturated rings. The molecule has 0 amide bonds. The predicted octanol–water partition coefficient (Wildman–Crippen LogP) is 2.25. The summed E-state index contributed by atoms with van der Waals surface area (Å²) in [4.78, 5) is 2.40. The molecule has 1 unspecified atom stereocenters. The van der Waals surface area contributed by atoms with E-state index in [-0.39, 0.29) is 0 Å². The lowest BCUT2D eigenvalue weighted by Gasteiger charge is -2.16. The molecule has 0 aromatic heterocycles. The first-order chi connectivity index (χ1) is 7.69. The molecule has 1 aliphatic heterocycles. The highest BCUT2D eigenvalue weighted by molar-refractivity contribution is 9.10. The zero-order chi connectivity index (χ0) is 11.5. The van der Waals surface area contributed by atoms with Gasteiger partial charge in [0.25, 0.3) is 0 Å². The van der Waals surface area contributed by atoms with Crippen LogP contribution in [0.3, 0.4) is 0 Å². The Hall–Kier alpha value is -0.580. The number of nitrogens with two attached hydrogens (primary N) is 1. The van der Waals surface area contributed by atoms with Gasteiger partial charge in [-0.15, -0.1) is 0 Å². The molecule has 2 N–H and O–H groups in total. The average molecular weight is 285 g/mol. The third-order valence-corrected chi connectivity index (χ3v) is 3.80. The first-order valence-electron chi connectivity index (χ1n) is 5.48. The Kier molecular flexibility index (Phi) is 3.84. The molecule has 4 heteroatoms. The van der Waals surface area contributed by atoms with E-state index in [4.69, 9.17) is 10.5 Å². The van der Waals surface area contributed by atoms with Crippen LogP contribution in [0.5, 0.6) is 0 Å². The third-order valence-electron chi connectivity index (χ3n) is 3.03. The maximum atomic E-state index is 5.79. The number of nitrogens with zero attached hydrogens (tertiary/aromatic N) is 1. The van der Waals surface area contributed by atoms with Crippen LogP contribution in [-0.2, 0) is 11.3 Å². The van der Waals surface area contributed by atoms with Gasteiger partial charge in [-0.2, -0.15) is 0 Å². The van der Waals surface area contributed by atoms with Crippen LogP contribution < -0.4 is 5.73 Å². The van der Waals surface area contributed by atoms with Gasteiger partial charge >= 0.3 is 0 Å². The number of rotatable bonds is 3. The molecule has 1 aromatic rings. The van der Waals surface area contributed by atoms with Crippen LogP contribution in [0.15, 0.2) is 22.7 Å². The zero-order valence-corrected chi connectivity index (χ0v) is 11.0. The predicted molar refractivity (Wildman–Crippen MR) is 69.2 cm³/mol. The fourth-order valence-electron chi connectivity index (χ4n) is 2.09. The molecule has 1 atom stereocenters. The highest BCUT2D eigenvalue weighted by Gasteiger charge is 2.22. The van der Waals surface area contributed by atoms with Crippen LogP contribution in [0.1, 0.15) is 12.0 Å². The Morgan fingerprint density at radius 1 is 1.56 bits per heavy atom. The summed E-state index contributed by atoms with van der Waals surface area (Å²) in [6.07, 6.45) is 1.51. The SMILES string of the molecule is COC1CCN(Cc2cc(N)ccc2Br)C1. The van der Waals surface area contributed by atoms with Crippen LogP contribution in [0.25, 0.3) is 0 Å². The number of hydrogen-bond donors (Lipinski definition) is 1. The Morgan fingerprint density at radius 3 is 3.06 bits per heavy atom.